The predicted molar refractivity (Wildman–Crippen MR) is 86.2 cm³/mol. The summed E-state index contributed by atoms with van der Waals surface area (Å²) in [5.74, 6) is -0.542. The average Bonchev–Trinajstić information content (AvgIpc) is 2.96. The second-order valence-corrected chi connectivity index (χ2v) is 5.32. The molecular formula is C14H9Cl2N5O2. The number of rotatable bonds is 3. The molecule has 0 atom stereocenters. The number of hydrogen-bond acceptors (Lipinski definition) is 5. The fourth-order valence-electron chi connectivity index (χ4n) is 1.88. The van der Waals surface area contributed by atoms with Gasteiger partial charge in [0.05, 0.1) is 11.2 Å². The van der Waals surface area contributed by atoms with Gasteiger partial charge in [0.25, 0.3) is 0 Å². The van der Waals surface area contributed by atoms with Crippen molar-refractivity contribution in [2.24, 2.45) is 5.10 Å². The van der Waals surface area contributed by atoms with Crippen LogP contribution in [0.3, 0.4) is 0 Å². The molecule has 116 valence electrons. The van der Waals surface area contributed by atoms with E-state index in [2.05, 4.69) is 20.7 Å². The van der Waals surface area contributed by atoms with Crippen LogP contribution in [-0.2, 0) is 0 Å². The number of carbonyl (C=O) groups excluding carboxylic acids is 1. The van der Waals surface area contributed by atoms with Crippen molar-refractivity contribution in [2.75, 3.05) is 0 Å². The van der Waals surface area contributed by atoms with Gasteiger partial charge in [-0.3, -0.25) is 9.20 Å². The van der Waals surface area contributed by atoms with Gasteiger partial charge >= 0.3 is 5.91 Å². The van der Waals surface area contributed by atoms with Crippen LogP contribution >= 0.6 is 23.2 Å². The van der Waals surface area contributed by atoms with E-state index >= 15 is 0 Å². The average molecular weight is 350 g/mol. The number of hydrogen-bond donors (Lipinski definition) is 2. The van der Waals surface area contributed by atoms with Gasteiger partial charge in [0.2, 0.25) is 5.82 Å². The van der Waals surface area contributed by atoms with Crippen molar-refractivity contribution >= 4 is 41.0 Å². The molecule has 9 heteroatoms. The van der Waals surface area contributed by atoms with Crippen molar-refractivity contribution < 1.29 is 9.90 Å². The van der Waals surface area contributed by atoms with Crippen LogP contribution in [0.2, 0.25) is 10.0 Å². The summed E-state index contributed by atoms with van der Waals surface area (Å²) in [5.41, 5.74) is 3.04. The van der Waals surface area contributed by atoms with Crippen molar-refractivity contribution in [3.05, 3.63) is 58.0 Å². The molecule has 0 fully saturated rings. The standard InChI is InChI=1S/C14H9Cl2N5O2/c15-9-3-4-11(22)8(6-9)7-17-20-14(23)13-19-18-12-10(16)2-1-5-21(12)13/h1-7,22H,(H,20,23). The van der Waals surface area contributed by atoms with E-state index in [-0.39, 0.29) is 11.6 Å². The van der Waals surface area contributed by atoms with Gasteiger partial charge in [-0.05, 0) is 30.3 Å². The summed E-state index contributed by atoms with van der Waals surface area (Å²) in [6, 6.07) is 7.80. The number of aromatic nitrogens is 3. The molecule has 7 nitrogen and oxygen atoms in total. The molecule has 0 saturated carbocycles. The molecule has 3 aromatic rings. The van der Waals surface area contributed by atoms with Gasteiger partial charge in [0, 0.05) is 16.8 Å². The lowest BCUT2D eigenvalue weighted by Gasteiger charge is -2.00. The largest absolute Gasteiger partial charge is 0.507 e. The molecule has 0 saturated heterocycles. The van der Waals surface area contributed by atoms with Gasteiger partial charge in [-0.25, -0.2) is 5.43 Å². The Morgan fingerprint density at radius 2 is 2.13 bits per heavy atom. The van der Waals surface area contributed by atoms with Gasteiger partial charge in [-0.1, -0.05) is 23.2 Å². The molecule has 0 aliphatic rings. The van der Waals surface area contributed by atoms with Crippen LogP contribution in [0.1, 0.15) is 16.2 Å². The summed E-state index contributed by atoms with van der Waals surface area (Å²) >= 11 is 11.8. The zero-order valence-electron chi connectivity index (χ0n) is 11.4. The number of fused-ring (bicyclic) bond motifs is 1. The summed E-state index contributed by atoms with van der Waals surface area (Å²) in [5, 5.41) is 21.9. The number of nitrogens with zero attached hydrogens (tertiary/aromatic N) is 4. The first kappa shape index (κ1) is 15.3. The smallest absolute Gasteiger partial charge is 0.309 e. The molecule has 0 radical (unpaired) electrons. The highest BCUT2D eigenvalue weighted by Crippen LogP contribution is 2.19. The highest BCUT2D eigenvalue weighted by molar-refractivity contribution is 6.33. The minimum atomic E-state index is -0.572. The molecule has 23 heavy (non-hydrogen) atoms. The van der Waals surface area contributed by atoms with Crippen LogP contribution in [0.25, 0.3) is 5.65 Å². The minimum absolute atomic E-state index is 0.00731. The Morgan fingerprint density at radius 1 is 1.30 bits per heavy atom. The van der Waals surface area contributed by atoms with Crippen LogP contribution in [0.5, 0.6) is 5.75 Å². The van der Waals surface area contributed by atoms with Crippen molar-refractivity contribution in [3.8, 4) is 5.75 Å². The third kappa shape index (κ3) is 3.10. The lowest BCUT2D eigenvalue weighted by atomic mass is 10.2. The number of aromatic hydroxyl groups is 1. The Labute approximate surface area is 140 Å². The number of benzene rings is 1. The van der Waals surface area contributed by atoms with Crippen LogP contribution in [0, 0.1) is 0 Å². The fourth-order valence-corrected chi connectivity index (χ4v) is 2.26. The van der Waals surface area contributed by atoms with Crippen molar-refractivity contribution in [1.82, 2.24) is 20.0 Å². The number of halogens is 2. The number of pyridine rings is 1. The lowest BCUT2D eigenvalue weighted by molar-refractivity contribution is 0.0943. The molecule has 0 aliphatic heterocycles. The molecule has 0 bridgehead atoms. The molecule has 2 aromatic heterocycles. The highest BCUT2D eigenvalue weighted by Gasteiger charge is 2.14. The first-order valence-corrected chi connectivity index (χ1v) is 7.13. The minimum Gasteiger partial charge on any atom is -0.507 e. The van der Waals surface area contributed by atoms with Crippen LogP contribution in [0.15, 0.2) is 41.6 Å². The fraction of sp³-hybridized carbons (Fsp3) is 0. The topological polar surface area (TPSA) is 91.9 Å². The summed E-state index contributed by atoms with van der Waals surface area (Å²) in [6.45, 7) is 0. The van der Waals surface area contributed by atoms with E-state index in [0.29, 0.717) is 21.3 Å². The Morgan fingerprint density at radius 3 is 2.96 bits per heavy atom. The summed E-state index contributed by atoms with van der Waals surface area (Å²) in [4.78, 5) is 12.1. The van der Waals surface area contributed by atoms with Crippen molar-refractivity contribution in [3.63, 3.8) is 0 Å². The highest BCUT2D eigenvalue weighted by atomic mass is 35.5. The number of nitrogens with one attached hydrogen (secondary N) is 1. The van der Waals surface area contributed by atoms with Gasteiger partial charge in [0.15, 0.2) is 5.65 Å². The first-order valence-electron chi connectivity index (χ1n) is 6.37. The molecule has 0 unspecified atom stereocenters. The van der Waals surface area contributed by atoms with Gasteiger partial charge < -0.3 is 5.11 Å². The van der Waals surface area contributed by atoms with E-state index in [4.69, 9.17) is 23.2 Å². The Bertz CT molecular complexity index is 923. The zero-order chi connectivity index (χ0) is 16.4. The summed E-state index contributed by atoms with van der Waals surface area (Å²) in [7, 11) is 0. The molecule has 2 heterocycles. The van der Waals surface area contributed by atoms with Crippen molar-refractivity contribution in [1.29, 1.82) is 0 Å². The maximum atomic E-state index is 12.1. The zero-order valence-corrected chi connectivity index (χ0v) is 13.0. The molecular weight excluding hydrogens is 341 g/mol. The van der Waals surface area contributed by atoms with Gasteiger partial charge in [-0.2, -0.15) is 5.10 Å². The Kier molecular flexibility index (Phi) is 4.14. The third-order valence-electron chi connectivity index (χ3n) is 2.95. The number of amides is 1. The number of phenols is 1. The SMILES string of the molecule is O=C(NN=Cc1cc(Cl)ccc1O)c1nnc2c(Cl)cccn12. The van der Waals surface area contributed by atoms with Crippen LogP contribution in [0.4, 0.5) is 0 Å². The second kappa shape index (κ2) is 6.23. The third-order valence-corrected chi connectivity index (χ3v) is 3.48. The molecule has 0 spiro atoms. The maximum absolute atomic E-state index is 12.1. The Hall–Kier alpha value is -2.64. The summed E-state index contributed by atoms with van der Waals surface area (Å²) in [6.07, 6.45) is 2.89. The summed E-state index contributed by atoms with van der Waals surface area (Å²) < 4.78 is 1.45. The van der Waals surface area contributed by atoms with Crippen LogP contribution < -0.4 is 5.43 Å². The van der Waals surface area contributed by atoms with E-state index in [9.17, 15) is 9.90 Å². The maximum Gasteiger partial charge on any atom is 0.309 e. The van der Waals surface area contributed by atoms with E-state index < -0.39 is 5.91 Å². The van der Waals surface area contributed by atoms with E-state index in [0.717, 1.165) is 0 Å². The lowest BCUT2D eigenvalue weighted by Crippen LogP contribution is -2.20. The first-order chi connectivity index (χ1) is 11.1. The molecule has 0 aliphatic carbocycles. The number of carbonyl (C=O) groups is 1. The molecule has 3 rings (SSSR count). The Balaban J connectivity index is 1.80. The monoisotopic (exact) mass is 349 g/mol. The molecule has 1 amide bonds. The van der Waals surface area contributed by atoms with E-state index in [1.807, 2.05) is 0 Å². The quantitative estimate of drug-likeness (QED) is 0.561. The molecule has 1 aromatic carbocycles. The van der Waals surface area contributed by atoms with E-state index in [1.165, 1.54) is 22.7 Å². The number of phenolic OH excluding ortho intramolecular Hbond substituents is 1. The van der Waals surface area contributed by atoms with Crippen molar-refractivity contribution in [2.45, 2.75) is 0 Å². The molecule has 2 N–H and O–H groups in total. The normalized spacial score (nSPS) is 11.2. The number of hydrazone groups is 1. The van der Waals surface area contributed by atoms with Gasteiger partial charge in [-0.15, -0.1) is 10.2 Å². The van der Waals surface area contributed by atoms with Crippen LogP contribution in [-0.4, -0.2) is 31.8 Å². The second-order valence-electron chi connectivity index (χ2n) is 4.48. The van der Waals surface area contributed by atoms with Gasteiger partial charge in [0.1, 0.15) is 5.75 Å². The predicted octanol–water partition coefficient (Wildman–Crippen LogP) is 2.51. The van der Waals surface area contributed by atoms with E-state index in [1.54, 1.807) is 24.4 Å².